The Morgan fingerprint density at radius 3 is 1.22 bits per heavy atom. The highest BCUT2D eigenvalue weighted by Crippen LogP contribution is 2.51. The van der Waals surface area contributed by atoms with Crippen LogP contribution in [0.3, 0.4) is 0 Å². The number of rotatable bonds is 3. The highest BCUT2D eigenvalue weighted by atomic mass is 16.3. The highest BCUT2D eigenvalue weighted by molar-refractivity contribution is 6.20. The van der Waals surface area contributed by atoms with Gasteiger partial charge in [-0.1, -0.05) is 146 Å². The molecule has 0 radical (unpaired) electrons. The molecule has 2 aliphatic carbocycles. The van der Waals surface area contributed by atoms with Crippen LogP contribution in [0.1, 0.15) is 0 Å². The predicted octanol–water partition coefficient (Wildman–Crippen LogP) is 15.3. The molecule has 1 heterocycles. The lowest BCUT2D eigenvalue weighted by Crippen LogP contribution is -1.85. The summed E-state index contributed by atoms with van der Waals surface area (Å²) in [5, 5.41) is 10.0. The maximum atomic E-state index is 6.65. The summed E-state index contributed by atoms with van der Waals surface area (Å²) in [5.74, 6) is 0. The first kappa shape index (κ1) is 29.3. The van der Waals surface area contributed by atoms with Crippen molar-refractivity contribution in [2.24, 2.45) is 0 Å². The summed E-state index contributed by atoms with van der Waals surface area (Å²) in [7, 11) is 0. The van der Waals surface area contributed by atoms with Crippen molar-refractivity contribution in [3.8, 4) is 77.9 Å². The van der Waals surface area contributed by atoms with Gasteiger partial charge >= 0.3 is 0 Å². The van der Waals surface area contributed by atoms with E-state index in [9.17, 15) is 0 Å². The molecule has 0 amide bonds. The molecule has 1 nitrogen and oxygen atoms in total. The SMILES string of the molecule is c1ccc2c(c1)-c1cccc3c(-c4ccc5ccc(-c6ccc7c(c6)oc6cc(-c8ccc9c%10c(cccc8%10)-c8ccccc8-9)ccc67)cc5c4)ccc-2c13. The van der Waals surface area contributed by atoms with E-state index in [-0.39, 0.29) is 0 Å². The van der Waals surface area contributed by atoms with Gasteiger partial charge in [-0.3, -0.25) is 0 Å². The molecule has 0 bridgehead atoms. The molecule has 0 saturated heterocycles. The summed E-state index contributed by atoms with van der Waals surface area (Å²) in [6.45, 7) is 0. The van der Waals surface area contributed by atoms with Crippen LogP contribution in [0.4, 0.5) is 0 Å². The van der Waals surface area contributed by atoms with E-state index in [4.69, 9.17) is 4.42 Å². The molecule has 252 valence electrons. The molecule has 0 spiro atoms. The maximum Gasteiger partial charge on any atom is 0.136 e. The van der Waals surface area contributed by atoms with Gasteiger partial charge in [-0.15, -0.1) is 0 Å². The Balaban J connectivity index is 0.885. The third kappa shape index (κ3) is 4.02. The third-order valence-electron chi connectivity index (χ3n) is 12.4. The molecule has 10 aromatic carbocycles. The topological polar surface area (TPSA) is 13.1 Å². The van der Waals surface area contributed by atoms with Gasteiger partial charge in [0.05, 0.1) is 0 Å². The first-order valence-electron chi connectivity index (χ1n) is 19.1. The number of furan rings is 1. The molecular formula is C54H30O. The van der Waals surface area contributed by atoms with Crippen LogP contribution in [0.15, 0.2) is 186 Å². The minimum atomic E-state index is 0.906. The van der Waals surface area contributed by atoms with Crippen LogP contribution in [0.25, 0.3) is 132 Å². The van der Waals surface area contributed by atoms with E-state index in [2.05, 4.69) is 182 Å². The van der Waals surface area contributed by atoms with Crippen LogP contribution in [0, 0.1) is 0 Å². The number of benzene rings is 10. The Morgan fingerprint density at radius 2 is 0.636 bits per heavy atom. The smallest absolute Gasteiger partial charge is 0.136 e. The lowest BCUT2D eigenvalue weighted by molar-refractivity contribution is 0.669. The zero-order chi connectivity index (χ0) is 35.8. The summed E-state index contributed by atoms with van der Waals surface area (Å²) < 4.78 is 6.65. The van der Waals surface area contributed by atoms with Crippen molar-refractivity contribution in [1.82, 2.24) is 0 Å². The quantitative estimate of drug-likeness (QED) is 0.179. The summed E-state index contributed by atoms with van der Waals surface area (Å²) in [6, 6.07) is 67.2. The molecule has 0 saturated carbocycles. The molecule has 13 rings (SSSR count). The van der Waals surface area contributed by atoms with Crippen molar-refractivity contribution in [3.63, 3.8) is 0 Å². The van der Waals surface area contributed by atoms with E-state index in [1.165, 1.54) is 105 Å². The van der Waals surface area contributed by atoms with Gasteiger partial charge in [0.15, 0.2) is 0 Å². The molecule has 0 aliphatic heterocycles. The standard InChI is InChI=1S/C54H30O/c1-3-9-41-39(7-1)47-13-5-11-45-37(23-25-49(41)53(45)47)34-18-16-31-15-17-32(27-36(31)28-34)33-19-21-43-44-22-20-35(30-52(44)55-51(43)29-33)38-24-26-50-42-10-4-2-8-40(42)48-14-6-12-46(38)54(48)50/h1-30H. The minimum absolute atomic E-state index is 0.906. The lowest BCUT2D eigenvalue weighted by Gasteiger charge is -2.11. The molecule has 0 N–H and O–H groups in total. The zero-order valence-corrected chi connectivity index (χ0v) is 29.7. The van der Waals surface area contributed by atoms with E-state index in [0.717, 1.165) is 27.5 Å². The fourth-order valence-corrected chi connectivity index (χ4v) is 9.84. The molecule has 0 fully saturated rings. The van der Waals surface area contributed by atoms with Crippen LogP contribution in [-0.4, -0.2) is 0 Å². The largest absolute Gasteiger partial charge is 0.456 e. The Hall–Kier alpha value is -7.22. The van der Waals surface area contributed by atoms with Crippen molar-refractivity contribution in [2.45, 2.75) is 0 Å². The number of fused-ring (bicyclic) bond motifs is 10. The summed E-state index contributed by atoms with van der Waals surface area (Å²) in [6.07, 6.45) is 0. The predicted molar refractivity (Wildman–Crippen MR) is 231 cm³/mol. The Morgan fingerprint density at radius 1 is 0.236 bits per heavy atom. The Bertz CT molecular complexity index is 3430. The van der Waals surface area contributed by atoms with Crippen molar-refractivity contribution >= 4 is 54.3 Å². The van der Waals surface area contributed by atoms with Crippen molar-refractivity contribution in [1.29, 1.82) is 0 Å². The monoisotopic (exact) mass is 694 g/mol. The molecular weight excluding hydrogens is 665 g/mol. The first-order chi connectivity index (χ1) is 27.2. The molecule has 55 heavy (non-hydrogen) atoms. The first-order valence-corrected chi connectivity index (χ1v) is 19.1. The van der Waals surface area contributed by atoms with E-state index in [1.807, 2.05) is 0 Å². The van der Waals surface area contributed by atoms with Gasteiger partial charge in [0, 0.05) is 10.8 Å². The zero-order valence-electron chi connectivity index (χ0n) is 29.7. The van der Waals surface area contributed by atoms with Gasteiger partial charge in [0.2, 0.25) is 0 Å². The molecule has 0 unspecified atom stereocenters. The maximum absolute atomic E-state index is 6.65. The lowest BCUT2D eigenvalue weighted by atomic mass is 9.92. The molecule has 11 aromatic rings. The third-order valence-corrected chi connectivity index (χ3v) is 12.4. The van der Waals surface area contributed by atoms with Gasteiger partial charge in [0.25, 0.3) is 0 Å². The van der Waals surface area contributed by atoms with Crippen LogP contribution < -0.4 is 0 Å². The average Bonchev–Trinajstić information content (AvgIpc) is 3.89. The molecule has 1 aromatic heterocycles. The van der Waals surface area contributed by atoms with Crippen LogP contribution in [0.5, 0.6) is 0 Å². The van der Waals surface area contributed by atoms with Crippen molar-refractivity contribution in [3.05, 3.63) is 182 Å². The molecule has 1 heteroatoms. The second kappa shape index (κ2) is 10.7. The molecule has 0 atom stereocenters. The fraction of sp³-hybridized carbons (Fsp3) is 0. The Labute approximate surface area is 317 Å². The summed E-state index contributed by atoms with van der Waals surface area (Å²) in [4.78, 5) is 0. The molecule has 2 aliphatic rings. The van der Waals surface area contributed by atoms with Gasteiger partial charge in [-0.25, -0.2) is 0 Å². The van der Waals surface area contributed by atoms with Crippen molar-refractivity contribution in [2.75, 3.05) is 0 Å². The highest BCUT2D eigenvalue weighted by Gasteiger charge is 2.24. The summed E-state index contributed by atoms with van der Waals surface area (Å²) >= 11 is 0. The van der Waals surface area contributed by atoms with E-state index in [1.54, 1.807) is 0 Å². The normalized spacial score (nSPS) is 12.4. The summed E-state index contributed by atoms with van der Waals surface area (Å²) in [5.41, 5.74) is 19.6. The minimum Gasteiger partial charge on any atom is -0.456 e. The fourth-order valence-electron chi connectivity index (χ4n) is 9.84. The van der Waals surface area contributed by atoms with E-state index >= 15 is 0 Å². The second-order valence-electron chi connectivity index (χ2n) is 15.2. The van der Waals surface area contributed by atoms with Crippen molar-refractivity contribution < 1.29 is 4.42 Å². The van der Waals surface area contributed by atoms with E-state index < -0.39 is 0 Å². The Kier molecular flexibility index (Phi) is 5.69. The van der Waals surface area contributed by atoms with Crippen LogP contribution in [-0.2, 0) is 0 Å². The van der Waals surface area contributed by atoms with Crippen LogP contribution in [0.2, 0.25) is 0 Å². The number of hydrogen-bond acceptors (Lipinski definition) is 1. The second-order valence-corrected chi connectivity index (χ2v) is 15.2. The van der Waals surface area contributed by atoms with Gasteiger partial charge < -0.3 is 4.42 Å². The van der Waals surface area contributed by atoms with Gasteiger partial charge in [0.1, 0.15) is 11.2 Å². The number of hydrogen-bond donors (Lipinski definition) is 0. The van der Waals surface area contributed by atoms with Gasteiger partial charge in [-0.05, 0) is 147 Å². The van der Waals surface area contributed by atoms with Crippen LogP contribution >= 0.6 is 0 Å². The van der Waals surface area contributed by atoms with Gasteiger partial charge in [-0.2, -0.15) is 0 Å². The average molecular weight is 695 g/mol. The van der Waals surface area contributed by atoms with E-state index in [0.29, 0.717) is 0 Å².